The molecule has 1 heterocycles. The van der Waals surface area contributed by atoms with Crippen LogP contribution in [0.2, 0.25) is 0 Å². The van der Waals surface area contributed by atoms with Crippen LogP contribution < -0.4 is 0 Å². The van der Waals surface area contributed by atoms with E-state index in [9.17, 15) is 9.59 Å². The van der Waals surface area contributed by atoms with Gasteiger partial charge in [-0.3, -0.25) is 9.59 Å². The molecule has 3 nitrogen and oxygen atoms in total. The standard InChI is InChI=1S/C15H17NO2/c1-11-8-15(18)14(12(2)17)10-16(11)9-13-6-4-3-5-7-13/h3-7,10-11H,8-9H2,1-2H3. The summed E-state index contributed by atoms with van der Waals surface area (Å²) in [4.78, 5) is 25.2. The molecule has 1 aliphatic heterocycles. The average Bonchev–Trinajstić information content (AvgIpc) is 2.33. The Morgan fingerprint density at radius 1 is 1.33 bits per heavy atom. The van der Waals surface area contributed by atoms with Crippen molar-refractivity contribution >= 4 is 11.6 Å². The van der Waals surface area contributed by atoms with Gasteiger partial charge < -0.3 is 4.90 Å². The second-order valence-corrected chi connectivity index (χ2v) is 4.73. The molecule has 94 valence electrons. The molecule has 1 aliphatic rings. The van der Waals surface area contributed by atoms with E-state index in [0.29, 0.717) is 12.0 Å². The lowest BCUT2D eigenvalue weighted by Crippen LogP contribution is -2.36. The third-order valence-corrected chi connectivity index (χ3v) is 3.23. The van der Waals surface area contributed by atoms with Gasteiger partial charge in [0.25, 0.3) is 0 Å². The SMILES string of the molecule is CC(=O)C1=CN(Cc2ccccc2)C(C)CC1=O. The molecule has 0 bridgehead atoms. The normalized spacial score (nSPS) is 19.7. The van der Waals surface area contributed by atoms with Crippen LogP contribution >= 0.6 is 0 Å². The number of hydrogen-bond donors (Lipinski definition) is 0. The van der Waals surface area contributed by atoms with E-state index < -0.39 is 0 Å². The minimum absolute atomic E-state index is 0.0423. The minimum atomic E-state index is -0.148. The van der Waals surface area contributed by atoms with Gasteiger partial charge in [-0.2, -0.15) is 0 Å². The van der Waals surface area contributed by atoms with Crippen LogP contribution in [-0.2, 0) is 16.1 Å². The van der Waals surface area contributed by atoms with Gasteiger partial charge in [0.05, 0.1) is 5.57 Å². The van der Waals surface area contributed by atoms with E-state index in [2.05, 4.69) is 4.90 Å². The summed E-state index contributed by atoms with van der Waals surface area (Å²) in [5, 5.41) is 0. The van der Waals surface area contributed by atoms with Crippen molar-refractivity contribution in [2.24, 2.45) is 0 Å². The van der Waals surface area contributed by atoms with Crippen molar-refractivity contribution in [2.75, 3.05) is 0 Å². The highest BCUT2D eigenvalue weighted by molar-refractivity contribution is 6.19. The van der Waals surface area contributed by atoms with Crippen LogP contribution in [0.3, 0.4) is 0 Å². The molecule has 0 N–H and O–H groups in total. The number of carbonyl (C=O) groups is 2. The molecule has 0 fully saturated rings. The third-order valence-electron chi connectivity index (χ3n) is 3.23. The number of nitrogens with zero attached hydrogens (tertiary/aromatic N) is 1. The van der Waals surface area contributed by atoms with Crippen LogP contribution in [0.4, 0.5) is 0 Å². The molecule has 18 heavy (non-hydrogen) atoms. The number of ketones is 2. The van der Waals surface area contributed by atoms with Crippen molar-refractivity contribution in [3.63, 3.8) is 0 Å². The Morgan fingerprint density at radius 2 is 2.00 bits per heavy atom. The van der Waals surface area contributed by atoms with E-state index in [4.69, 9.17) is 0 Å². The Morgan fingerprint density at radius 3 is 2.61 bits per heavy atom. The van der Waals surface area contributed by atoms with E-state index in [1.807, 2.05) is 37.3 Å². The van der Waals surface area contributed by atoms with Crippen LogP contribution in [0.25, 0.3) is 0 Å². The zero-order chi connectivity index (χ0) is 13.1. The van der Waals surface area contributed by atoms with Crippen molar-refractivity contribution in [3.8, 4) is 0 Å². The smallest absolute Gasteiger partial charge is 0.169 e. The first-order valence-electron chi connectivity index (χ1n) is 6.13. The van der Waals surface area contributed by atoms with Gasteiger partial charge in [-0.15, -0.1) is 0 Å². The van der Waals surface area contributed by atoms with E-state index in [-0.39, 0.29) is 17.6 Å². The maximum absolute atomic E-state index is 11.7. The first-order chi connectivity index (χ1) is 8.58. The van der Waals surface area contributed by atoms with Crippen molar-refractivity contribution in [1.29, 1.82) is 0 Å². The van der Waals surface area contributed by atoms with E-state index in [0.717, 1.165) is 6.54 Å². The van der Waals surface area contributed by atoms with Crippen molar-refractivity contribution in [1.82, 2.24) is 4.90 Å². The second kappa shape index (κ2) is 5.17. The van der Waals surface area contributed by atoms with E-state index >= 15 is 0 Å². The molecule has 3 heteroatoms. The van der Waals surface area contributed by atoms with E-state index in [1.54, 1.807) is 6.20 Å². The zero-order valence-corrected chi connectivity index (χ0v) is 10.7. The summed E-state index contributed by atoms with van der Waals surface area (Å²) in [6.07, 6.45) is 2.13. The highest BCUT2D eigenvalue weighted by Crippen LogP contribution is 2.20. The molecule has 1 atom stereocenters. The van der Waals surface area contributed by atoms with Crippen molar-refractivity contribution < 1.29 is 9.59 Å². The summed E-state index contributed by atoms with van der Waals surface area (Å²) in [7, 11) is 0. The summed E-state index contributed by atoms with van der Waals surface area (Å²) in [6.45, 7) is 4.18. The Labute approximate surface area is 107 Å². The average molecular weight is 243 g/mol. The summed E-state index contributed by atoms with van der Waals surface area (Å²) in [5.74, 6) is -0.190. The fraction of sp³-hybridized carbons (Fsp3) is 0.333. The quantitative estimate of drug-likeness (QED) is 0.765. The highest BCUT2D eigenvalue weighted by atomic mass is 16.1. The second-order valence-electron chi connectivity index (χ2n) is 4.73. The predicted octanol–water partition coefficient (Wildman–Crippen LogP) is 2.32. The fourth-order valence-corrected chi connectivity index (χ4v) is 2.14. The number of carbonyl (C=O) groups excluding carboxylic acids is 2. The third kappa shape index (κ3) is 2.67. The van der Waals surface area contributed by atoms with Gasteiger partial charge in [0.1, 0.15) is 0 Å². The number of allylic oxidation sites excluding steroid dienone is 1. The van der Waals surface area contributed by atoms with Crippen LogP contribution in [0.5, 0.6) is 0 Å². The maximum atomic E-state index is 11.7. The largest absolute Gasteiger partial charge is 0.369 e. The Balaban J connectivity index is 2.21. The molecule has 0 aliphatic carbocycles. The lowest BCUT2D eigenvalue weighted by atomic mass is 9.97. The molecular formula is C15H17NO2. The van der Waals surface area contributed by atoms with Crippen molar-refractivity contribution in [2.45, 2.75) is 32.9 Å². The van der Waals surface area contributed by atoms with Crippen LogP contribution in [0.15, 0.2) is 42.1 Å². The maximum Gasteiger partial charge on any atom is 0.169 e. The first-order valence-corrected chi connectivity index (χ1v) is 6.13. The molecule has 0 radical (unpaired) electrons. The lowest BCUT2D eigenvalue weighted by molar-refractivity contribution is -0.122. The van der Waals surface area contributed by atoms with Gasteiger partial charge in [-0.05, 0) is 19.4 Å². The lowest BCUT2D eigenvalue weighted by Gasteiger charge is -2.32. The minimum Gasteiger partial charge on any atom is -0.369 e. The molecule has 0 aromatic heterocycles. The molecule has 1 aromatic rings. The van der Waals surface area contributed by atoms with Gasteiger partial charge in [0, 0.05) is 25.2 Å². The molecule has 2 rings (SSSR count). The van der Waals surface area contributed by atoms with Crippen LogP contribution in [0, 0.1) is 0 Å². The van der Waals surface area contributed by atoms with Crippen LogP contribution in [0.1, 0.15) is 25.8 Å². The Hall–Kier alpha value is -1.90. The van der Waals surface area contributed by atoms with Crippen LogP contribution in [-0.4, -0.2) is 22.5 Å². The Bertz CT molecular complexity index is 490. The molecule has 1 unspecified atom stereocenters. The molecular weight excluding hydrogens is 226 g/mol. The summed E-state index contributed by atoms with van der Waals surface area (Å²) in [5.41, 5.74) is 1.50. The first kappa shape index (κ1) is 12.6. The van der Waals surface area contributed by atoms with Gasteiger partial charge >= 0.3 is 0 Å². The highest BCUT2D eigenvalue weighted by Gasteiger charge is 2.26. The fourth-order valence-electron chi connectivity index (χ4n) is 2.14. The molecule has 0 amide bonds. The predicted molar refractivity (Wildman–Crippen MR) is 69.8 cm³/mol. The van der Waals surface area contributed by atoms with Gasteiger partial charge in [-0.1, -0.05) is 30.3 Å². The van der Waals surface area contributed by atoms with Gasteiger partial charge in [0.2, 0.25) is 0 Å². The zero-order valence-electron chi connectivity index (χ0n) is 10.7. The van der Waals surface area contributed by atoms with E-state index in [1.165, 1.54) is 12.5 Å². The topological polar surface area (TPSA) is 37.4 Å². The summed E-state index contributed by atoms with van der Waals surface area (Å²) in [6, 6.07) is 10.2. The molecule has 0 saturated heterocycles. The molecule has 0 saturated carbocycles. The number of Topliss-reactive ketones (excluding diaryl/α,β-unsaturated/α-hetero) is 2. The van der Waals surface area contributed by atoms with Gasteiger partial charge in [-0.25, -0.2) is 0 Å². The Kier molecular flexibility index (Phi) is 3.60. The number of rotatable bonds is 3. The number of benzene rings is 1. The number of hydrogen-bond acceptors (Lipinski definition) is 3. The summed E-state index contributed by atoms with van der Waals surface area (Å²) < 4.78 is 0. The van der Waals surface area contributed by atoms with Crippen molar-refractivity contribution in [3.05, 3.63) is 47.7 Å². The summed E-state index contributed by atoms with van der Waals surface area (Å²) >= 11 is 0. The van der Waals surface area contributed by atoms with Gasteiger partial charge in [0.15, 0.2) is 11.6 Å². The molecule has 0 spiro atoms. The molecule has 1 aromatic carbocycles. The monoisotopic (exact) mass is 243 g/mol.